The van der Waals surface area contributed by atoms with Crippen LogP contribution in [0, 0.1) is 12.7 Å². The van der Waals surface area contributed by atoms with Gasteiger partial charge in [0.05, 0.1) is 21.8 Å². The Hall–Kier alpha value is -4.04. The number of benzene rings is 2. The molecule has 2 fully saturated rings. The summed E-state index contributed by atoms with van der Waals surface area (Å²) in [6.45, 7) is 8.93. The fraction of sp³-hybridized carbons (Fsp3) is 0.290. The van der Waals surface area contributed by atoms with Crippen molar-refractivity contribution in [3.63, 3.8) is 0 Å². The maximum absolute atomic E-state index is 14.9. The summed E-state index contributed by atoms with van der Waals surface area (Å²) in [5, 5.41) is 0.844. The average Bonchev–Trinajstić information content (AvgIpc) is 3.79. The van der Waals surface area contributed by atoms with Gasteiger partial charge in [0.1, 0.15) is 11.6 Å². The molecular weight excluding hydrogens is 529 g/mol. The zero-order valence-electron chi connectivity index (χ0n) is 22.4. The Labute approximate surface area is 236 Å². The Morgan fingerprint density at radius 1 is 1.12 bits per heavy atom. The average molecular weight is 558 g/mol. The predicted molar refractivity (Wildman–Crippen MR) is 156 cm³/mol. The van der Waals surface area contributed by atoms with Crippen molar-refractivity contribution < 1.29 is 9.18 Å². The molecule has 1 saturated heterocycles. The molecule has 3 heterocycles. The molecule has 6 rings (SSSR count). The molecule has 40 heavy (non-hydrogen) atoms. The van der Waals surface area contributed by atoms with Gasteiger partial charge in [0.15, 0.2) is 5.65 Å². The van der Waals surface area contributed by atoms with E-state index in [4.69, 9.17) is 16.6 Å². The number of hydrogen-bond donors (Lipinski definition) is 0. The molecule has 1 aliphatic carbocycles. The SMILES string of the molecule is C=CC(=O)N1CCN(c2nc(=O)n(-c3c(C)cccc3C3CC3)c3nc(-c4ccccc4F)c(Cl)cc23)[C@@H](C)C1. The van der Waals surface area contributed by atoms with E-state index in [1.807, 2.05) is 30.9 Å². The van der Waals surface area contributed by atoms with E-state index in [0.29, 0.717) is 42.4 Å². The van der Waals surface area contributed by atoms with Gasteiger partial charge in [-0.05, 0) is 68.0 Å². The number of hydrogen-bond acceptors (Lipinski definition) is 5. The molecular formula is C31H29ClFN5O2. The number of rotatable bonds is 5. The van der Waals surface area contributed by atoms with Crippen LogP contribution in [0.2, 0.25) is 5.02 Å². The minimum Gasteiger partial charge on any atom is -0.350 e. The molecule has 2 aromatic heterocycles. The molecule has 2 aromatic carbocycles. The van der Waals surface area contributed by atoms with Crippen molar-refractivity contribution in [1.82, 2.24) is 19.4 Å². The first-order chi connectivity index (χ1) is 19.3. The molecule has 2 aliphatic rings. The van der Waals surface area contributed by atoms with Crippen molar-refractivity contribution in [3.8, 4) is 16.9 Å². The summed E-state index contributed by atoms with van der Waals surface area (Å²) in [6, 6.07) is 14.0. The Kier molecular flexibility index (Phi) is 6.66. The normalized spacial score (nSPS) is 17.4. The molecule has 1 atom stereocenters. The van der Waals surface area contributed by atoms with E-state index in [2.05, 4.69) is 17.6 Å². The summed E-state index contributed by atoms with van der Waals surface area (Å²) >= 11 is 6.77. The van der Waals surface area contributed by atoms with Crippen LogP contribution in [0.5, 0.6) is 0 Å². The van der Waals surface area contributed by atoms with Gasteiger partial charge in [-0.25, -0.2) is 18.7 Å². The number of para-hydroxylation sites is 1. The van der Waals surface area contributed by atoms with E-state index in [-0.39, 0.29) is 28.2 Å². The summed E-state index contributed by atoms with van der Waals surface area (Å²) < 4.78 is 16.5. The first-order valence-corrected chi connectivity index (χ1v) is 13.8. The molecule has 0 radical (unpaired) electrons. The van der Waals surface area contributed by atoms with Crippen LogP contribution in [0.3, 0.4) is 0 Å². The van der Waals surface area contributed by atoms with Crippen molar-refractivity contribution >= 4 is 34.4 Å². The molecule has 1 amide bonds. The lowest BCUT2D eigenvalue weighted by atomic mass is 10.0. The lowest BCUT2D eigenvalue weighted by Crippen LogP contribution is -2.54. The van der Waals surface area contributed by atoms with Crippen LogP contribution in [0.1, 0.15) is 36.8 Å². The number of piperazine rings is 1. The summed E-state index contributed by atoms with van der Waals surface area (Å²) in [7, 11) is 0. The standard InChI is InChI=1S/C31H29ClFN5O2/c1-4-26(39)36-14-15-37(19(3)17-36)29-23-16-24(32)27(22-9-5-6-11-25(22)33)34-30(23)38(31(40)35-29)28-18(2)8-7-10-21(28)20-12-13-20/h4-11,16,19-20H,1,12-15,17H2,2-3H3/t19-/m0/s1. The zero-order chi connectivity index (χ0) is 28.1. The number of nitrogens with zero attached hydrogens (tertiary/aromatic N) is 5. The van der Waals surface area contributed by atoms with Crippen LogP contribution in [0.25, 0.3) is 28.0 Å². The van der Waals surface area contributed by atoms with E-state index in [1.54, 1.807) is 33.7 Å². The minimum absolute atomic E-state index is 0.130. The van der Waals surface area contributed by atoms with Crippen LogP contribution in [0.15, 0.2) is 66.0 Å². The summed E-state index contributed by atoms with van der Waals surface area (Å²) in [6.07, 6.45) is 3.42. The van der Waals surface area contributed by atoms with E-state index in [1.165, 1.54) is 12.1 Å². The molecule has 1 aliphatic heterocycles. The molecule has 0 bridgehead atoms. The smallest absolute Gasteiger partial charge is 0.350 e. The second kappa shape index (κ2) is 10.2. The van der Waals surface area contributed by atoms with Gasteiger partial charge in [-0.1, -0.05) is 48.5 Å². The van der Waals surface area contributed by atoms with Crippen molar-refractivity contribution in [2.75, 3.05) is 24.5 Å². The number of anilines is 1. The van der Waals surface area contributed by atoms with Gasteiger partial charge >= 0.3 is 5.69 Å². The third-order valence-electron chi connectivity index (χ3n) is 7.83. The fourth-order valence-electron chi connectivity index (χ4n) is 5.68. The van der Waals surface area contributed by atoms with Crippen molar-refractivity contribution in [2.45, 2.75) is 38.6 Å². The number of carbonyl (C=O) groups is 1. The highest BCUT2D eigenvalue weighted by atomic mass is 35.5. The maximum atomic E-state index is 14.9. The largest absolute Gasteiger partial charge is 0.355 e. The minimum atomic E-state index is -0.468. The van der Waals surface area contributed by atoms with Crippen molar-refractivity contribution in [2.24, 2.45) is 0 Å². The third-order valence-corrected chi connectivity index (χ3v) is 8.11. The Balaban J connectivity index is 1.62. The molecule has 204 valence electrons. The van der Waals surface area contributed by atoms with Gasteiger partial charge in [0.2, 0.25) is 5.91 Å². The molecule has 1 saturated carbocycles. The van der Waals surface area contributed by atoms with Gasteiger partial charge in [0, 0.05) is 31.2 Å². The zero-order valence-corrected chi connectivity index (χ0v) is 23.2. The highest BCUT2D eigenvalue weighted by Crippen LogP contribution is 2.44. The lowest BCUT2D eigenvalue weighted by Gasteiger charge is -2.40. The molecule has 4 aromatic rings. The number of aryl methyl sites for hydroxylation is 1. The van der Waals surface area contributed by atoms with Crippen LogP contribution in [-0.4, -0.2) is 51.0 Å². The van der Waals surface area contributed by atoms with Gasteiger partial charge in [-0.2, -0.15) is 4.98 Å². The monoisotopic (exact) mass is 557 g/mol. The number of fused-ring (bicyclic) bond motifs is 1. The Bertz CT molecular complexity index is 1730. The van der Waals surface area contributed by atoms with Gasteiger partial charge < -0.3 is 9.80 Å². The highest BCUT2D eigenvalue weighted by Gasteiger charge is 2.32. The van der Waals surface area contributed by atoms with Crippen LogP contribution >= 0.6 is 11.6 Å². The van der Waals surface area contributed by atoms with E-state index < -0.39 is 11.5 Å². The third kappa shape index (κ3) is 4.46. The molecule has 0 spiro atoms. The van der Waals surface area contributed by atoms with Crippen LogP contribution < -0.4 is 10.6 Å². The molecule has 0 N–H and O–H groups in total. The maximum Gasteiger partial charge on any atom is 0.355 e. The fourth-order valence-corrected chi connectivity index (χ4v) is 5.93. The first kappa shape index (κ1) is 26.2. The Morgan fingerprint density at radius 2 is 1.90 bits per heavy atom. The van der Waals surface area contributed by atoms with E-state index in [9.17, 15) is 14.0 Å². The lowest BCUT2D eigenvalue weighted by molar-refractivity contribution is -0.126. The number of amides is 1. The summed E-state index contributed by atoms with van der Waals surface area (Å²) in [5.41, 5.74) is 3.18. The van der Waals surface area contributed by atoms with Crippen LogP contribution in [-0.2, 0) is 4.79 Å². The van der Waals surface area contributed by atoms with Gasteiger partial charge in [0.25, 0.3) is 0 Å². The second-order valence-corrected chi connectivity index (χ2v) is 10.9. The summed E-state index contributed by atoms with van der Waals surface area (Å²) in [5.74, 6) is 0.229. The van der Waals surface area contributed by atoms with Crippen molar-refractivity contribution in [3.05, 3.63) is 93.6 Å². The summed E-state index contributed by atoms with van der Waals surface area (Å²) in [4.78, 5) is 39.5. The predicted octanol–water partition coefficient (Wildman–Crippen LogP) is 5.65. The molecule has 9 heteroatoms. The number of aromatic nitrogens is 3. The molecule has 0 unspecified atom stereocenters. The number of carbonyl (C=O) groups excluding carboxylic acids is 1. The quantitative estimate of drug-likeness (QED) is 0.297. The Morgan fingerprint density at radius 3 is 2.60 bits per heavy atom. The number of pyridine rings is 1. The van der Waals surface area contributed by atoms with Crippen LogP contribution in [0.4, 0.5) is 10.2 Å². The molecule has 7 nitrogen and oxygen atoms in total. The van der Waals surface area contributed by atoms with Crippen molar-refractivity contribution in [1.29, 1.82) is 0 Å². The highest BCUT2D eigenvalue weighted by molar-refractivity contribution is 6.33. The number of halogens is 2. The van der Waals surface area contributed by atoms with E-state index in [0.717, 1.165) is 29.7 Å². The van der Waals surface area contributed by atoms with Gasteiger partial charge in [-0.3, -0.25) is 4.79 Å². The topological polar surface area (TPSA) is 71.3 Å². The van der Waals surface area contributed by atoms with Gasteiger partial charge in [-0.15, -0.1) is 0 Å². The van der Waals surface area contributed by atoms with E-state index >= 15 is 0 Å². The second-order valence-electron chi connectivity index (χ2n) is 10.5. The first-order valence-electron chi connectivity index (χ1n) is 13.4.